The van der Waals surface area contributed by atoms with E-state index in [1.807, 2.05) is 0 Å². The molecule has 5 nitrogen and oxygen atoms in total. The molecule has 2 aromatic rings. The van der Waals surface area contributed by atoms with Gasteiger partial charge in [0.2, 0.25) is 0 Å². The number of sulfonamides is 1. The summed E-state index contributed by atoms with van der Waals surface area (Å²) < 4.78 is 27.6. The van der Waals surface area contributed by atoms with E-state index in [0.29, 0.717) is 15.7 Å². The van der Waals surface area contributed by atoms with Crippen LogP contribution in [0.3, 0.4) is 0 Å². The van der Waals surface area contributed by atoms with Gasteiger partial charge >= 0.3 is 0 Å². The first kappa shape index (κ1) is 15.1. The van der Waals surface area contributed by atoms with Crippen molar-refractivity contribution in [2.24, 2.45) is 0 Å². The number of aryl methyl sites for hydroxylation is 1. The van der Waals surface area contributed by atoms with Gasteiger partial charge in [0.25, 0.3) is 10.0 Å². The third-order valence-corrected chi connectivity index (χ3v) is 4.95. The number of nitrogens with zero attached hydrogens (tertiary/aromatic N) is 1. The molecule has 0 saturated carbocycles. The fourth-order valence-corrected chi connectivity index (χ4v) is 3.52. The topological polar surface area (TPSA) is 85.1 Å². The lowest BCUT2D eigenvalue weighted by Crippen LogP contribution is -2.14. The van der Waals surface area contributed by atoms with Crippen molar-refractivity contribution in [1.29, 1.82) is 0 Å². The maximum absolute atomic E-state index is 12.3. The monoisotopic (exact) mass is 375 g/mol. The smallest absolute Gasteiger partial charge is 0.262 e. The predicted octanol–water partition coefficient (Wildman–Crippen LogP) is 3.19. The zero-order valence-corrected chi connectivity index (χ0v) is 13.6. The molecule has 0 aliphatic rings. The fourth-order valence-electron chi connectivity index (χ4n) is 1.52. The van der Waals surface area contributed by atoms with Crippen LogP contribution in [0.15, 0.2) is 39.8 Å². The first-order valence-corrected chi connectivity index (χ1v) is 8.15. The molecule has 0 bridgehead atoms. The Labute approximate surface area is 130 Å². The standard InChI is InChI=1S/C12H11BrClN3O2S/c1-7-4-5-16-12(14)11(7)17-20(18,19)8-2-3-10(15)9(13)6-8/h2-6,17H,15H2,1H3. The molecule has 20 heavy (non-hydrogen) atoms. The van der Waals surface area contributed by atoms with E-state index in [9.17, 15) is 8.42 Å². The quantitative estimate of drug-likeness (QED) is 0.636. The molecule has 0 fully saturated rings. The second-order valence-electron chi connectivity index (χ2n) is 4.08. The molecule has 0 radical (unpaired) electrons. The summed E-state index contributed by atoms with van der Waals surface area (Å²) in [6, 6.07) is 6.03. The minimum absolute atomic E-state index is 0.0814. The molecule has 0 aliphatic carbocycles. The number of aromatic nitrogens is 1. The Kier molecular flexibility index (Phi) is 4.22. The third kappa shape index (κ3) is 3.05. The number of nitrogens with two attached hydrogens (primary N) is 1. The van der Waals surface area contributed by atoms with Crippen LogP contribution in [0.1, 0.15) is 5.56 Å². The zero-order valence-electron chi connectivity index (χ0n) is 10.4. The Hall–Kier alpha value is -1.31. The molecule has 0 spiro atoms. The van der Waals surface area contributed by atoms with E-state index in [4.69, 9.17) is 17.3 Å². The number of pyridine rings is 1. The molecule has 1 aromatic carbocycles. The van der Waals surface area contributed by atoms with Gasteiger partial charge in [-0.15, -0.1) is 0 Å². The van der Waals surface area contributed by atoms with Gasteiger partial charge in [-0.1, -0.05) is 11.6 Å². The Balaban J connectivity index is 2.43. The van der Waals surface area contributed by atoms with Crippen LogP contribution in [0.5, 0.6) is 0 Å². The van der Waals surface area contributed by atoms with Crippen LogP contribution in [0.25, 0.3) is 0 Å². The van der Waals surface area contributed by atoms with Gasteiger partial charge in [0.05, 0.1) is 10.6 Å². The molecule has 2 rings (SSSR count). The SMILES string of the molecule is Cc1ccnc(Cl)c1NS(=O)(=O)c1ccc(N)c(Br)c1. The van der Waals surface area contributed by atoms with E-state index in [1.165, 1.54) is 24.4 Å². The van der Waals surface area contributed by atoms with Gasteiger partial charge in [0.15, 0.2) is 5.15 Å². The average Bonchev–Trinajstić information content (AvgIpc) is 2.37. The molecule has 0 amide bonds. The summed E-state index contributed by atoms with van der Waals surface area (Å²) >= 11 is 9.11. The lowest BCUT2D eigenvalue weighted by Gasteiger charge is -2.12. The summed E-state index contributed by atoms with van der Waals surface area (Å²) in [6.07, 6.45) is 1.51. The Bertz CT molecular complexity index is 745. The highest BCUT2D eigenvalue weighted by Gasteiger charge is 2.18. The summed E-state index contributed by atoms with van der Waals surface area (Å²) in [5, 5.41) is 0.100. The molecule has 8 heteroatoms. The zero-order chi connectivity index (χ0) is 14.9. The van der Waals surface area contributed by atoms with E-state index >= 15 is 0 Å². The first-order chi connectivity index (χ1) is 9.31. The minimum Gasteiger partial charge on any atom is -0.398 e. The number of benzene rings is 1. The highest BCUT2D eigenvalue weighted by atomic mass is 79.9. The molecule has 1 aromatic heterocycles. The van der Waals surface area contributed by atoms with Gasteiger partial charge in [0.1, 0.15) is 0 Å². The number of nitrogen functional groups attached to an aromatic ring is 1. The Morgan fingerprint density at radius 2 is 2.05 bits per heavy atom. The maximum Gasteiger partial charge on any atom is 0.262 e. The predicted molar refractivity (Wildman–Crippen MR) is 83.3 cm³/mol. The van der Waals surface area contributed by atoms with Crippen LogP contribution in [-0.4, -0.2) is 13.4 Å². The van der Waals surface area contributed by atoms with Gasteiger partial charge in [0, 0.05) is 16.4 Å². The molecular formula is C12H11BrClN3O2S. The molecular weight excluding hydrogens is 366 g/mol. The van der Waals surface area contributed by atoms with Gasteiger partial charge in [-0.05, 0) is 52.7 Å². The largest absolute Gasteiger partial charge is 0.398 e. The number of hydrogen-bond acceptors (Lipinski definition) is 4. The molecule has 106 valence electrons. The number of hydrogen-bond donors (Lipinski definition) is 2. The molecule has 0 saturated heterocycles. The van der Waals surface area contributed by atoms with Crippen LogP contribution in [0, 0.1) is 6.92 Å². The van der Waals surface area contributed by atoms with E-state index in [2.05, 4.69) is 25.6 Å². The third-order valence-electron chi connectivity index (χ3n) is 2.63. The van der Waals surface area contributed by atoms with Crippen LogP contribution >= 0.6 is 27.5 Å². The van der Waals surface area contributed by atoms with Gasteiger partial charge in [-0.2, -0.15) is 0 Å². The summed E-state index contributed by atoms with van der Waals surface area (Å²) in [6.45, 7) is 1.74. The van der Waals surface area contributed by atoms with Crippen molar-refractivity contribution < 1.29 is 8.42 Å². The molecule has 1 heterocycles. The van der Waals surface area contributed by atoms with E-state index < -0.39 is 10.0 Å². The lowest BCUT2D eigenvalue weighted by molar-refractivity contribution is 0.601. The summed E-state index contributed by atoms with van der Waals surface area (Å²) in [5.74, 6) is 0. The van der Waals surface area contributed by atoms with Crippen LogP contribution in [0.4, 0.5) is 11.4 Å². The van der Waals surface area contributed by atoms with E-state index in [1.54, 1.807) is 13.0 Å². The Morgan fingerprint density at radius 1 is 1.35 bits per heavy atom. The molecule has 3 N–H and O–H groups in total. The minimum atomic E-state index is -3.76. The second-order valence-corrected chi connectivity index (χ2v) is 6.98. The summed E-state index contributed by atoms with van der Waals surface area (Å²) in [5.41, 5.74) is 7.05. The molecule has 0 aliphatic heterocycles. The van der Waals surface area contributed by atoms with Gasteiger partial charge in [-0.25, -0.2) is 13.4 Å². The molecule has 0 atom stereocenters. The second kappa shape index (κ2) is 5.59. The summed E-state index contributed by atoms with van der Waals surface area (Å²) in [7, 11) is -3.76. The number of halogens is 2. The fraction of sp³-hybridized carbons (Fsp3) is 0.0833. The van der Waals surface area contributed by atoms with Crippen molar-refractivity contribution in [3.05, 3.63) is 45.7 Å². The van der Waals surface area contributed by atoms with Crippen molar-refractivity contribution in [2.45, 2.75) is 11.8 Å². The highest BCUT2D eigenvalue weighted by Crippen LogP contribution is 2.28. The Morgan fingerprint density at radius 3 is 2.65 bits per heavy atom. The van der Waals surface area contributed by atoms with Crippen molar-refractivity contribution in [3.63, 3.8) is 0 Å². The van der Waals surface area contributed by atoms with E-state index in [0.717, 1.165) is 0 Å². The number of anilines is 2. The van der Waals surface area contributed by atoms with E-state index in [-0.39, 0.29) is 15.7 Å². The number of nitrogens with one attached hydrogen (secondary N) is 1. The van der Waals surface area contributed by atoms with Crippen LogP contribution in [-0.2, 0) is 10.0 Å². The van der Waals surface area contributed by atoms with Crippen molar-refractivity contribution in [2.75, 3.05) is 10.5 Å². The van der Waals surface area contributed by atoms with Gasteiger partial charge < -0.3 is 5.73 Å². The van der Waals surface area contributed by atoms with Gasteiger partial charge in [-0.3, -0.25) is 4.72 Å². The van der Waals surface area contributed by atoms with Crippen LogP contribution in [0.2, 0.25) is 5.15 Å². The maximum atomic E-state index is 12.3. The lowest BCUT2D eigenvalue weighted by atomic mass is 10.3. The summed E-state index contributed by atoms with van der Waals surface area (Å²) in [4.78, 5) is 3.94. The van der Waals surface area contributed by atoms with Crippen molar-refractivity contribution >= 4 is 48.9 Å². The van der Waals surface area contributed by atoms with Crippen molar-refractivity contribution in [1.82, 2.24) is 4.98 Å². The van der Waals surface area contributed by atoms with Crippen molar-refractivity contribution in [3.8, 4) is 0 Å². The first-order valence-electron chi connectivity index (χ1n) is 5.50. The highest BCUT2D eigenvalue weighted by molar-refractivity contribution is 9.10. The number of rotatable bonds is 3. The average molecular weight is 377 g/mol. The normalized spacial score (nSPS) is 11.3. The van der Waals surface area contributed by atoms with Crippen LogP contribution < -0.4 is 10.5 Å². The molecule has 0 unspecified atom stereocenters.